The van der Waals surface area contributed by atoms with E-state index < -0.39 is 0 Å². The third kappa shape index (κ3) is 11.5. The van der Waals surface area contributed by atoms with Crippen LogP contribution in [0.5, 0.6) is 0 Å². The monoisotopic (exact) mass is 341 g/mol. The van der Waals surface area contributed by atoms with Gasteiger partial charge in [-0.1, -0.05) is 32.9 Å². The molecule has 0 aromatic carbocycles. The highest BCUT2D eigenvalue weighted by Gasteiger charge is 2.02. The number of hydrogen-bond donors (Lipinski definition) is 0. The van der Waals surface area contributed by atoms with Crippen molar-refractivity contribution in [3.05, 3.63) is 11.9 Å². The molecule has 1 aromatic heterocycles. The standard InChI is InChI=1S/C18H35N3O3/c1-16(2)6-5-9-22-12-13-23-11-8-21-14-18(19-20-21)15-24-10-7-17(3)4/h14,16-17H,5-13,15H2,1-4H3. The number of rotatable bonds is 15. The molecule has 0 saturated heterocycles. The van der Waals surface area contributed by atoms with Crippen LogP contribution in [0.15, 0.2) is 6.20 Å². The molecule has 6 heteroatoms. The van der Waals surface area contributed by atoms with Crippen molar-refractivity contribution in [3.63, 3.8) is 0 Å². The molecular weight excluding hydrogens is 306 g/mol. The highest BCUT2D eigenvalue weighted by atomic mass is 16.5. The minimum Gasteiger partial charge on any atom is -0.379 e. The van der Waals surface area contributed by atoms with Gasteiger partial charge < -0.3 is 14.2 Å². The molecule has 0 bridgehead atoms. The summed E-state index contributed by atoms with van der Waals surface area (Å²) >= 11 is 0. The number of ether oxygens (including phenoxy) is 3. The van der Waals surface area contributed by atoms with Crippen molar-refractivity contribution in [2.75, 3.05) is 33.0 Å². The maximum absolute atomic E-state index is 5.58. The first-order valence-electron chi connectivity index (χ1n) is 9.20. The van der Waals surface area contributed by atoms with Gasteiger partial charge in [-0.15, -0.1) is 5.10 Å². The van der Waals surface area contributed by atoms with Gasteiger partial charge in [0.1, 0.15) is 5.69 Å². The molecular formula is C18H35N3O3. The molecule has 24 heavy (non-hydrogen) atoms. The summed E-state index contributed by atoms with van der Waals surface area (Å²) in [6.07, 6.45) is 5.33. The number of aromatic nitrogens is 3. The van der Waals surface area contributed by atoms with Crippen molar-refractivity contribution in [1.82, 2.24) is 15.0 Å². The fourth-order valence-corrected chi connectivity index (χ4v) is 2.08. The van der Waals surface area contributed by atoms with Crippen LogP contribution < -0.4 is 0 Å². The third-order valence-corrected chi connectivity index (χ3v) is 3.58. The van der Waals surface area contributed by atoms with Gasteiger partial charge in [-0.2, -0.15) is 0 Å². The van der Waals surface area contributed by atoms with Gasteiger partial charge in [-0.25, -0.2) is 4.68 Å². The maximum atomic E-state index is 5.58. The Hall–Kier alpha value is -0.980. The van der Waals surface area contributed by atoms with E-state index in [4.69, 9.17) is 14.2 Å². The molecule has 1 rings (SSSR count). The molecule has 1 heterocycles. The molecule has 140 valence electrons. The number of hydrogen-bond acceptors (Lipinski definition) is 5. The summed E-state index contributed by atoms with van der Waals surface area (Å²) in [6.45, 7) is 13.6. The van der Waals surface area contributed by atoms with E-state index in [1.165, 1.54) is 6.42 Å². The van der Waals surface area contributed by atoms with Crippen LogP contribution in [-0.4, -0.2) is 48.0 Å². The predicted octanol–water partition coefficient (Wildman–Crippen LogP) is 3.31. The zero-order valence-corrected chi connectivity index (χ0v) is 15.9. The van der Waals surface area contributed by atoms with E-state index in [1.54, 1.807) is 4.68 Å². The summed E-state index contributed by atoms with van der Waals surface area (Å²) in [6, 6.07) is 0. The van der Waals surface area contributed by atoms with Crippen molar-refractivity contribution in [2.45, 2.75) is 60.1 Å². The van der Waals surface area contributed by atoms with Crippen LogP contribution in [0.1, 0.15) is 52.7 Å². The van der Waals surface area contributed by atoms with E-state index in [0.717, 1.165) is 37.7 Å². The van der Waals surface area contributed by atoms with E-state index in [9.17, 15) is 0 Å². The lowest BCUT2D eigenvalue weighted by Gasteiger charge is -2.07. The molecule has 0 amide bonds. The van der Waals surface area contributed by atoms with Crippen molar-refractivity contribution in [1.29, 1.82) is 0 Å². The Morgan fingerprint density at radius 1 is 0.875 bits per heavy atom. The Kier molecular flexibility index (Phi) is 11.7. The normalized spacial score (nSPS) is 11.8. The Balaban J connectivity index is 1.96. The first kappa shape index (κ1) is 21.1. The van der Waals surface area contributed by atoms with Crippen LogP contribution in [0.25, 0.3) is 0 Å². The average Bonchev–Trinajstić information content (AvgIpc) is 2.97. The highest BCUT2D eigenvalue weighted by molar-refractivity contribution is 4.89. The Morgan fingerprint density at radius 2 is 1.58 bits per heavy atom. The fraction of sp³-hybridized carbons (Fsp3) is 0.889. The average molecular weight is 341 g/mol. The molecule has 0 spiro atoms. The minimum absolute atomic E-state index is 0.526. The lowest BCUT2D eigenvalue weighted by atomic mass is 10.1. The van der Waals surface area contributed by atoms with Crippen molar-refractivity contribution in [3.8, 4) is 0 Å². The van der Waals surface area contributed by atoms with Gasteiger partial charge in [-0.05, 0) is 31.1 Å². The van der Waals surface area contributed by atoms with Crippen LogP contribution in [0.4, 0.5) is 0 Å². The zero-order valence-electron chi connectivity index (χ0n) is 15.9. The van der Waals surface area contributed by atoms with Gasteiger partial charge in [0.2, 0.25) is 0 Å². The molecule has 0 aliphatic rings. The smallest absolute Gasteiger partial charge is 0.108 e. The molecule has 0 saturated carbocycles. The molecule has 1 aromatic rings. The van der Waals surface area contributed by atoms with Gasteiger partial charge in [0, 0.05) is 13.2 Å². The predicted molar refractivity (Wildman–Crippen MR) is 94.8 cm³/mol. The molecule has 0 N–H and O–H groups in total. The summed E-state index contributed by atoms with van der Waals surface area (Å²) in [7, 11) is 0. The summed E-state index contributed by atoms with van der Waals surface area (Å²) in [5.74, 6) is 1.41. The van der Waals surface area contributed by atoms with Crippen LogP contribution >= 0.6 is 0 Å². The lowest BCUT2D eigenvalue weighted by Crippen LogP contribution is -2.11. The first-order chi connectivity index (χ1) is 11.6. The topological polar surface area (TPSA) is 58.4 Å². The maximum Gasteiger partial charge on any atom is 0.108 e. The molecule has 0 aliphatic heterocycles. The highest BCUT2D eigenvalue weighted by Crippen LogP contribution is 2.03. The second-order valence-electron chi connectivity index (χ2n) is 6.97. The Morgan fingerprint density at radius 3 is 2.29 bits per heavy atom. The molecule has 0 aliphatic carbocycles. The molecule has 0 unspecified atom stereocenters. The minimum atomic E-state index is 0.526. The summed E-state index contributed by atoms with van der Waals surface area (Å²) in [5, 5.41) is 8.18. The van der Waals surface area contributed by atoms with E-state index >= 15 is 0 Å². The molecule has 6 nitrogen and oxygen atoms in total. The Bertz CT molecular complexity index is 408. The van der Waals surface area contributed by atoms with Gasteiger partial charge in [-0.3, -0.25) is 0 Å². The largest absolute Gasteiger partial charge is 0.379 e. The SMILES string of the molecule is CC(C)CCCOCCOCCn1cc(COCCC(C)C)nn1. The molecule has 0 radical (unpaired) electrons. The van der Waals surface area contributed by atoms with Crippen LogP contribution in [0.3, 0.4) is 0 Å². The van der Waals surface area contributed by atoms with Crippen LogP contribution in [0.2, 0.25) is 0 Å². The van der Waals surface area contributed by atoms with Crippen molar-refractivity contribution in [2.24, 2.45) is 11.8 Å². The quantitative estimate of drug-likeness (QED) is 0.458. The van der Waals surface area contributed by atoms with E-state index in [2.05, 4.69) is 38.0 Å². The van der Waals surface area contributed by atoms with Crippen LogP contribution in [0, 0.1) is 11.8 Å². The summed E-state index contributed by atoms with van der Waals surface area (Å²) in [4.78, 5) is 0. The van der Waals surface area contributed by atoms with E-state index in [1.807, 2.05) is 6.20 Å². The van der Waals surface area contributed by atoms with Gasteiger partial charge >= 0.3 is 0 Å². The Labute approximate surface area is 146 Å². The molecule has 0 atom stereocenters. The van der Waals surface area contributed by atoms with Gasteiger partial charge in [0.25, 0.3) is 0 Å². The molecule has 0 fully saturated rings. The van der Waals surface area contributed by atoms with Crippen molar-refractivity contribution < 1.29 is 14.2 Å². The van der Waals surface area contributed by atoms with E-state index in [0.29, 0.717) is 38.9 Å². The second-order valence-corrected chi connectivity index (χ2v) is 6.97. The third-order valence-electron chi connectivity index (χ3n) is 3.58. The summed E-state index contributed by atoms with van der Waals surface area (Å²) < 4.78 is 18.5. The number of nitrogens with zero attached hydrogens (tertiary/aromatic N) is 3. The van der Waals surface area contributed by atoms with Crippen molar-refractivity contribution >= 4 is 0 Å². The first-order valence-corrected chi connectivity index (χ1v) is 9.20. The lowest BCUT2D eigenvalue weighted by molar-refractivity contribution is 0.0419. The fourth-order valence-electron chi connectivity index (χ4n) is 2.08. The van der Waals surface area contributed by atoms with E-state index in [-0.39, 0.29) is 0 Å². The van der Waals surface area contributed by atoms with Gasteiger partial charge in [0.15, 0.2) is 0 Å². The zero-order chi connectivity index (χ0) is 17.6. The van der Waals surface area contributed by atoms with Gasteiger partial charge in [0.05, 0.1) is 39.2 Å². The summed E-state index contributed by atoms with van der Waals surface area (Å²) in [5.41, 5.74) is 0.868. The second kappa shape index (κ2) is 13.3. The van der Waals surface area contributed by atoms with Crippen LogP contribution in [-0.2, 0) is 27.4 Å².